The lowest BCUT2D eigenvalue weighted by Crippen LogP contribution is -2.26. The highest BCUT2D eigenvalue weighted by Crippen LogP contribution is 2.27. The van der Waals surface area contributed by atoms with Gasteiger partial charge in [0.1, 0.15) is 5.69 Å². The van der Waals surface area contributed by atoms with Crippen molar-refractivity contribution in [2.45, 2.75) is 13.3 Å². The second-order valence-corrected chi connectivity index (χ2v) is 6.60. The predicted molar refractivity (Wildman–Crippen MR) is 94.6 cm³/mol. The van der Waals surface area contributed by atoms with Crippen molar-refractivity contribution in [2.24, 2.45) is 0 Å². The van der Waals surface area contributed by atoms with E-state index in [9.17, 15) is 4.79 Å². The molecule has 4 aromatic heterocycles. The van der Waals surface area contributed by atoms with Crippen LogP contribution in [0.3, 0.4) is 0 Å². The Labute approximate surface area is 147 Å². The number of furan rings is 1. The summed E-state index contributed by atoms with van der Waals surface area (Å²) in [5.41, 5.74) is 1.99. The Bertz CT molecular complexity index is 1000. The van der Waals surface area contributed by atoms with E-state index in [4.69, 9.17) is 8.94 Å². The molecule has 1 amide bonds. The lowest BCUT2D eigenvalue weighted by molar-refractivity contribution is 0.0955. The molecule has 0 spiro atoms. The second-order valence-electron chi connectivity index (χ2n) is 5.57. The molecule has 4 aromatic rings. The van der Waals surface area contributed by atoms with Crippen LogP contribution < -0.4 is 5.32 Å². The van der Waals surface area contributed by atoms with Crippen molar-refractivity contribution < 1.29 is 13.7 Å². The zero-order valence-electron chi connectivity index (χ0n) is 13.5. The Morgan fingerprint density at radius 2 is 2.24 bits per heavy atom. The van der Waals surface area contributed by atoms with Crippen molar-refractivity contribution in [3.05, 3.63) is 58.1 Å². The minimum Gasteiger partial charge on any atom is -0.463 e. The number of carbonyl (C=O) groups is 1. The van der Waals surface area contributed by atoms with E-state index in [1.165, 1.54) is 4.88 Å². The molecule has 0 unspecified atom stereocenters. The zero-order chi connectivity index (χ0) is 17.2. The summed E-state index contributed by atoms with van der Waals surface area (Å²) >= 11 is 1.68. The second kappa shape index (κ2) is 6.52. The van der Waals surface area contributed by atoms with Crippen molar-refractivity contribution in [1.29, 1.82) is 0 Å². The number of thiophene rings is 1. The number of fused-ring (bicyclic) bond motifs is 1. The van der Waals surface area contributed by atoms with E-state index in [1.54, 1.807) is 42.7 Å². The Morgan fingerprint density at radius 1 is 1.32 bits per heavy atom. The van der Waals surface area contributed by atoms with Crippen LogP contribution in [0.15, 0.2) is 50.9 Å². The summed E-state index contributed by atoms with van der Waals surface area (Å²) in [5.74, 6) is 0.395. The van der Waals surface area contributed by atoms with Gasteiger partial charge in [-0.3, -0.25) is 4.79 Å². The van der Waals surface area contributed by atoms with Crippen molar-refractivity contribution >= 4 is 28.3 Å². The molecule has 0 aromatic carbocycles. The highest BCUT2D eigenvalue weighted by Gasteiger charge is 2.19. The molecule has 0 aliphatic heterocycles. The SMILES string of the molecule is Cc1noc2nc(-c3ccco3)cc(C(=O)NCCc3cccs3)c12. The molecule has 0 fully saturated rings. The van der Waals surface area contributed by atoms with Crippen LogP contribution in [-0.2, 0) is 6.42 Å². The third kappa shape index (κ3) is 3.06. The number of hydrogen-bond donors (Lipinski definition) is 1. The Hall–Kier alpha value is -2.93. The van der Waals surface area contributed by atoms with Crippen LogP contribution in [0.25, 0.3) is 22.6 Å². The Balaban J connectivity index is 1.64. The Kier molecular flexibility index (Phi) is 4.07. The fraction of sp³-hybridized carbons (Fsp3) is 0.167. The van der Waals surface area contributed by atoms with Gasteiger partial charge in [-0.05, 0) is 43.0 Å². The number of pyridine rings is 1. The summed E-state index contributed by atoms with van der Waals surface area (Å²) < 4.78 is 10.6. The molecule has 1 N–H and O–H groups in total. The van der Waals surface area contributed by atoms with Crippen molar-refractivity contribution in [2.75, 3.05) is 6.54 Å². The molecular formula is C18H15N3O3S. The van der Waals surface area contributed by atoms with E-state index in [1.807, 2.05) is 11.4 Å². The number of aryl methyl sites for hydroxylation is 1. The number of amides is 1. The number of rotatable bonds is 5. The largest absolute Gasteiger partial charge is 0.463 e. The predicted octanol–water partition coefficient (Wildman–Crippen LogP) is 3.83. The first-order valence-electron chi connectivity index (χ1n) is 7.84. The normalized spacial score (nSPS) is 11.1. The summed E-state index contributed by atoms with van der Waals surface area (Å²) in [4.78, 5) is 18.4. The highest BCUT2D eigenvalue weighted by atomic mass is 32.1. The van der Waals surface area contributed by atoms with Crippen LogP contribution in [0.5, 0.6) is 0 Å². The lowest BCUT2D eigenvalue weighted by Gasteiger charge is -2.07. The molecular weight excluding hydrogens is 338 g/mol. The molecule has 0 radical (unpaired) electrons. The minimum absolute atomic E-state index is 0.178. The van der Waals surface area contributed by atoms with Gasteiger partial charge in [0.15, 0.2) is 5.76 Å². The third-order valence-electron chi connectivity index (χ3n) is 3.87. The Morgan fingerprint density at radius 3 is 3.00 bits per heavy atom. The summed E-state index contributed by atoms with van der Waals surface area (Å²) in [6.45, 7) is 2.35. The first-order chi connectivity index (χ1) is 12.2. The number of nitrogens with zero attached hydrogens (tertiary/aromatic N) is 2. The van der Waals surface area contributed by atoms with Gasteiger partial charge in [0.25, 0.3) is 11.6 Å². The van der Waals surface area contributed by atoms with E-state index in [2.05, 4.69) is 21.5 Å². The maximum absolute atomic E-state index is 12.7. The zero-order valence-corrected chi connectivity index (χ0v) is 14.3. The smallest absolute Gasteiger partial charge is 0.259 e. The van der Waals surface area contributed by atoms with E-state index >= 15 is 0 Å². The quantitative estimate of drug-likeness (QED) is 0.590. The average Bonchev–Trinajstić information content (AvgIpc) is 3.36. The monoisotopic (exact) mass is 353 g/mol. The molecule has 0 aliphatic carbocycles. The van der Waals surface area contributed by atoms with Crippen LogP contribution in [-0.4, -0.2) is 22.6 Å². The summed E-state index contributed by atoms with van der Waals surface area (Å²) in [7, 11) is 0. The number of nitrogens with one attached hydrogen (secondary N) is 1. The van der Waals surface area contributed by atoms with E-state index in [0.717, 1.165) is 6.42 Å². The van der Waals surface area contributed by atoms with Gasteiger partial charge < -0.3 is 14.3 Å². The van der Waals surface area contributed by atoms with Gasteiger partial charge in [-0.15, -0.1) is 11.3 Å². The van der Waals surface area contributed by atoms with Crippen molar-refractivity contribution in [1.82, 2.24) is 15.5 Å². The average molecular weight is 353 g/mol. The molecule has 0 atom stereocenters. The fourth-order valence-electron chi connectivity index (χ4n) is 2.67. The molecule has 0 bridgehead atoms. The molecule has 4 rings (SSSR count). The molecule has 126 valence electrons. The molecule has 25 heavy (non-hydrogen) atoms. The van der Waals surface area contributed by atoms with Crippen molar-refractivity contribution in [3.63, 3.8) is 0 Å². The summed E-state index contributed by atoms with van der Waals surface area (Å²) in [5, 5.41) is 9.55. The van der Waals surface area contributed by atoms with Gasteiger partial charge in [0.05, 0.1) is 22.9 Å². The molecule has 0 saturated carbocycles. The highest BCUT2D eigenvalue weighted by molar-refractivity contribution is 7.09. The van der Waals surface area contributed by atoms with E-state index in [-0.39, 0.29) is 5.91 Å². The van der Waals surface area contributed by atoms with Crippen LogP contribution in [0.2, 0.25) is 0 Å². The lowest BCUT2D eigenvalue weighted by atomic mass is 10.1. The number of carbonyl (C=O) groups excluding carboxylic acids is 1. The maximum Gasteiger partial charge on any atom is 0.259 e. The van der Waals surface area contributed by atoms with Crippen molar-refractivity contribution in [3.8, 4) is 11.5 Å². The van der Waals surface area contributed by atoms with E-state index < -0.39 is 0 Å². The van der Waals surface area contributed by atoms with Crippen LogP contribution >= 0.6 is 11.3 Å². The number of hydrogen-bond acceptors (Lipinski definition) is 6. The molecule has 0 aliphatic rings. The van der Waals surface area contributed by atoms with Crippen LogP contribution in [0.4, 0.5) is 0 Å². The van der Waals surface area contributed by atoms with Gasteiger partial charge in [-0.1, -0.05) is 11.2 Å². The van der Waals surface area contributed by atoms with Gasteiger partial charge in [-0.2, -0.15) is 0 Å². The van der Waals surface area contributed by atoms with Gasteiger partial charge >= 0.3 is 0 Å². The first kappa shape index (κ1) is 15.6. The summed E-state index contributed by atoms with van der Waals surface area (Å²) in [6, 6.07) is 9.33. The van der Waals surface area contributed by atoms with Gasteiger partial charge in [0.2, 0.25) is 0 Å². The van der Waals surface area contributed by atoms with Crippen LogP contribution in [0.1, 0.15) is 20.9 Å². The summed E-state index contributed by atoms with van der Waals surface area (Å²) in [6.07, 6.45) is 2.36. The fourth-order valence-corrected chi connectivity index (χ4v) is 3.38. The number of aromatic nitrogens is 2. The molecule has 6 nitrogen and oxygen atoms in total. The molecule has 7 heteroatoms. The van der Waals surface area contributed by atoms with Gasteiger partial charge in [0, 0.05) is 11.4 Å². The topological polar surface area (TPSA) is 81.2 Å². The first-order valence-corrected chi connectivity index (χ1v) is 8.72. The molecule has 0 saturated heterocycles. The third-order valence-corrected chi connectivity index (χ3v) is 4.81. The van der Waals surface area contributed by atoms with Gasteiger partial charge in [-0.25, -0.2) is 4.98 Å². The van der Waals surface area contributed by atoms with Crippen LogP contribution in [0, 0.1) is 6.92 Å². The van der Waals surface area contributed by atoms with E-state index in [0.29, 0.717) is 40.4 Å². The minimum atomic E-state index is -0.178. The maximum atomic E-state index is 12.7. The molecule has 4 heterocycles. The standard InChI is InChI=1S/C18H15N3O3S/c1-11-16-13(17(22)19-7-6-12-4-3-9-25-12)10-14(15-5-2-8-23-15)20-18(16)24-21-11/h2-5,8-10H,6-7H2,1H3,(H,19,22).